The molecular weight excluding hydrogens is 412 g/mol. The molecule has 0 aromatic heterocycles. The van der Waals surface area contributed by atoms with Gasteiger partial charge in [-0.1, -0.05) is 42.5 Å². The summed E-state index contributed by atoms with van der Waals surface area (Å²) in [6.07, 6.45) is 0. The number of rotatable bonds is 8. The molecule has 2 N–H and O–H groups in total. The maximum atomic E-state index is 12.7. The first kappa shape index (κ1) is 22.0. The van der Waals surface area contributed by atoms with Crippen molar-refractivity contribution < 1.29 is 19.1 Å². The molecule has 0 unspecified atom stereocenters. The van der Waals surface area contributed by atoms with Crippen molar-refractivity contribution in [3.8, 4) is 11.5 Å². The third kappa shape index (κ3) is 6.65. The molecule has 0 radical (unpaired) electrons. The van der Waals surface area contributed by atoms with Crippen molar-refractivity contribution in [1.29, 1.82) is 0 Å². The average Bonchev–Trinajstić information content (AvgIpc) is 2.77. The lowest BCUT2D eigenvalue weighted by atomic mass is 10.1. The Kier molecular flexibility index (Phi) is 7.73. The lowest BCUT2D eigenvalue weighted by Crippen LogP contribution is -2.34. The number of hydrogen-bond acceptors (Lipinski definition) is 5. The summed E-state index contributed by atoms with van der Waals surface area (Å²) in [4.78, 5) is 24.2. The second kappa shape index (κ2) is 10.9. The zero-order valence-corrected chi connectivity index (χ0v) is 17.8. The highest BCUT2D eigenvalue weighted by atomic mass is 32.1. The number of anilines is 1. The van der Waals surface area contributed by atoms with Crippen LogP contribution in [0.2, 0.25) is 0 Å². The highest BCUT2D eigenvalue weighted by Crippen LogP contribution is 2.18. The number of Topliss-reactive ketones (excluding diaryl/α,β-unsaturated/α-hetero) is 1. The van der Waals surface area contributed by atoms with E-state index in [0.717, 1.165) is 5.75 Å². The Labute approximate surface area is 186 Å². The van der Waals surface area contributed by atoms with Crippen molar-refractivity contribution in [3.05, 3.63) is 90.0 Å². The molecule has 0 aliphatic carbocycles. The van der Waals surface area contributed by atoms with E-state index >= 15 is 0 Å². The van der Waals surface area contributed by atoms with E-state index < -0.39 is 5.91 Å². The minimum atomic E-state index is -0.403. The molecule has 31 heavy (non-hydrogen) atoms. The van der Waals surface area contributed by atoms with E-state index in [0.29, 0.717) is 29.2 Å². The summed E-state index contributed by atoms with van der Waals surface area (Å²) in [6, 6.07) is 23.2. The van der Waals surface area contributed by atoms with Gasteiger partial charge in [0, 0.05) is 11.3 Å². The van der Waals surface area contributed by atoms with Gasteiger partial charge >= 0.3 is 0 Å². The van der Waals surface area contributed by atoms with E-state index in [1.807, 2.05) is 30.3 Å². The third-order valence-electron chi connectivity index (χ3n) is 4.24. The number of ether oxygens (including phenoxy) is 2. The molecular formula is C24H22N2O4S. The molecule has 0 atom stereocenters. The van der Waals surface area contributed by atoms with Gasteiger partial charge in [0.15, 0.2) is 10.9 Å². The molecule has 6 nitrogen and oxygen atoms in total. The molecule has 7 heteroatoms. The van der Waals surface area contributed by atoms with Crippen LogP contribution in [0.25, 0.3) is 0 Å². The first-order valence-corrected chi connectivity index (χ1v) is 10.1. The fourth-order valence-corrected chi connectivity index (χ4v) is 2.97. The van der Waals surface area contributed by atoms with Gasteiger partial charge in [0.1, 0.15) is 24.7 Å². The van der Waals surface area contributed by atoms with Crippen molar-refractivity contribution in [3.63, 3.8) is 0 Å². The predicted octanol–water partition coefficient (Wildman–Crippen LogP) is 4.47. The van der Waals surface area contributed by atoms with E-state index in [1.165, 1.54) is 6.92 Å². The molecule has 3 aromatic rings. The molecule has 3 aromatic carbocycles. The second-order valence-electron chi connectivity index (χ2n) is 6.55. The van der Waals surface area contributed by atoms with E-state index in [1.54, 1.807) is 48.5 Å². The number of benzene rings is 3. The van der Waals surface area contributed by atoms with Gasteiger partial charge in [-0.05, 0) is 55.5 Å². The van der Waals surface area contributed by atoms with Crippen LogP contribution in [0.3, 0.4) is 0 Å². The van der Waals surface area contributed by atoms with Gasteiger partial charge in [-0.25, -0.2) is 0 Å². The Balaban J connectivity index is 1.55. The molecule has 0 saturated heterocycles. The number of thiocarbonyl (C=S) groups is 1. The fraction of sp³-hybridized carbons (Fsp3) is 0.125. The Bertz CT molecular complexity index is 1070. The molecule has 0 bridgehead atoms. The predicted molar refractivity (Wildman–Crippen MR) is 124 cm³/mol. The number of ketones is 1. The van der Waals surface area contributed by atoms with Gasteiger partial charge in [-0.3, -0.25) is 14.9 Å². The van der Waals surface area contributed by atoms with Crippen LogP contribution in [-0.2, 0) is 0 Å². The molecule has 0 aliphatic heterocycles. The van der Waals surface area contributed by atoms with Crippen LogP contribution in [0, 0.1) is 0 Å². The zero-order valence-electron chi connectivity index (χ0n) is 17.0. The maximum absolute atomic E-state index is 12.7. The van der Waals surface area contributed by atoms with Crippen molar-refractivity contribution in [2.75, 3.05) is 18.5 Å². The Morgan fingerprint density at radius 2 is 1.58 bits per heavy atom. The maximum Gasteiger partial charge on any atom is 0.261 e. The number of carbonyl (C=O) groups excluding carboxylic acids is 2. The van der Waals surface area contributed by atoms with Crippen molar-refractivity contribution >= 4 is 34.7 Å². The van der Waals surface area contributed by atoms with E-state index in [-0.39, 0.29) is 17.5 Å². The molecule has 1 amide bonds. The summed E-state index contributed by atoms with van der Waals surface area (Å²) in [5.74, 6) is 0.723. The van der Waals surface area contributed by atoms with Crippen LogP contribution in [0.1, 0.15) is 27.6 Å². The van der Waals surface area contributed by atoms with Gasteiger partial charge in [0.25, 0.3) is 5.91 Å². The number of hydrogen-bond donors (Lipinski definition) is 2. The fourth-order valence-electron chi connectivity index (χ4n) is 2.76. The van der Waals surface area contributed by atoms with Crippen LogP contribution in [0.4, 0.5) is 5.69 Å². The summed E-state index contributed by atoms with van der Waals surface area (Å²) in [7, 11) is 0. The molecule has 0 saturated carbocycles. The largest absolute Gasteiger partial charge is 0.490 e. The summed E-state index contributed by atoms with van der Waals surface area (Å²) >= 11 is 5.24. The summed E-state index contributed by atoms with van der Waals surface area (Å²) in [6.45, 7) is 2.10. The van der Waals surface area contributed by atoms with Crippen LogP contribution < -0.4 is 20.1 Å². The highest BCUT2D eigenvalue weighted by molar-refractivity contribution is 7.80. The summed E-state index contributed by atoms with van der Waals surface area (Å²) in [5, 5.41) is 5.67. The molecule has 3 rings (SSSR count). The normalized spacial score (nSPS) is 10.1. The van der Waals surface area contributed by atoms with Crippen LogP contribution >= 0.6 is 12.2 Å². The summed E-state index contributed by atoms with van der Waals surface area (Å²) in [5.41, 5.74) is 1.51. The molecule has 0 spiro atoms. The molecule has 0 heterocycles. The van der Waals surface area contributed by atoms with Gasteiger partial charge in [-0.15, -0.1) is 0 Å². The number of amides is 1. The van der Waals surface area contributed by atoms with Crippen LogP contribution in [0.15, 0.2) is 78.9 Å². The summed E-state index contributed by atoms with van der Waals surface area (Å²) < 4.78 is 11.3. The second-order valence-corrected chi connectivity index (χ2v) is 6.96. The average molecular weight is 435 g/mol. The van der Waals surface area contributed by atoms with Crippen LogP contribution in [-0.4, -0.2) is 30.0 Å². The molecule has 158 valence electrons. The lowest BCUT2D eigenvalue weighted by Gasteiger charge is -2.13. The number of para-hydroxylation sites is 2. The quantitative estimate of drug-likeness (QED) is 0.309. The minimum absolute atomic E-state index is 0.0547. The van der Waals surface area contributed by atoms with Gasteiger partial charge in [-0.2, -0.15) is 0 Å². The van der Waals surface area contributed by atoms with Crippen molar-refractivity contribution in [2.24, 2.45) is 0 Å². The first-order chi connectivity index (χ1) is 15.0. The Morgan fingerprint density at radius 1 is 0.871 bits per heavy atom. The highest BCUT2D eigenvalue weighted by Gasteiger charge is 2.14. The Morgan fingerprint density at radius 3 is 2.35 bits per heavy atom. The van der Waals surface area contributed by atoms with Crippen molar-refractivity contribution in [1.82, 2.24) is 5.32 Å². The topological polar surface area (TPSA) is 76.7 Å². The van der Waals surface area contributed by atoms with Gasteiger partial charge < -0.3 is 14.8 Å². The monoisotopic (exact) mass is 434 g/mol. The van der Waals surface area contributed by atoms with Gasteiger partial charge in [0.2, 0.25) is 0 Å². The zero-order chi connectivity index (χ0) is 22.1. The number of nitrogens with one attached hydrogen (secondary N) is 2. The van der Waals surface area contributed by atoms with Gasteiger partial charge in [0.05, 0.1) is 5.56 Å². The Hall–Kier alpha value is -3.71. The molecule has 0 fully saturated rings. The van der Waals surface area contributed by atoms with E-state index in [4.69, 9.17) is 21.7 Å². The first-order valence-electron chi connectivity index (χ1n) is 9.66. The van der Waals surface area contributed by atoms with Crippen LogP contribution in [0.5, 0.6) is 11.5 Å². The van der Waals surface area contributed by atoms with E-state index in [2.05, 4.69) is 10.6 Å². The SMILES string of the molecule is CC(=O)c1cccc(NC(=S)NC(=O)c2ccccc2OCCOc2ccccc2)c1. The van der Waals surface area contributed by atoms with E-state index in [9.17, 15) is 9.59 Å². The number of carbonyl (C=O) groups is 2. The smallest absolute Gasteiger partial charge is 0.261 e. The van der Waals surface area contributed by atoms with Crippen molar-refractivity contribution in [2.45, 2.75) is 6.92 Å². The third-order valence-corrected chi connectivity index (χ3v) is 4.44. The minimum Gasteiger partial charge on any atom is -0.490 e. The lowest BCUT2D eigenvalue weighted by molar-refractivity contribution is 0.0970. The standard InChI is InChI=1S/C24H22N2O4S/c1-17(27)18-8-7-9-19(16-18)25-24(31)26-23(28)21-12-5-6-13-22(21)30-15-14-29-20-10-3-2-4-11-20/h2-13,16H,14-15H2,1H3,(H2,25,26,28,31). The molecule has 0 aliphatic rings.